The van der Waals surface area contributed by atoms with Gasteiger partial charge in [-0.3, -0.25) is 15.6 Å². The van der Waals surface area contributed by atoms with Crippen LogP contribution in [0.15, 0.2) is 24.3 Å². The minimum atomic E-state index is -2.29. The SMILES string of the molecule is COc1ccc(C(=O)NNc2c(F)c(F)c(F)c(F)c2F)cc1. The quantitative estimate of drug-likeness (QED) is 0.391. The molecule has 2 aromatic carbocycles. The largest absolute Gasteiger partial charge is 0.497 e. The molecule has 0 bridgehead atoms. The fraction of sp³-hybridized carbons (Fsp3) is 0.0714. The number of ether oxygens (including phenoxy) is 1. The number of amides is 1. The summed E-state index contributed by atoms with van der Waals surface area (Å²) in [5.74, 6) is -11.1. The van der Waals surface area contributed by atoms with Crippen LogP contribution in [-0.2, 0) is 0 Å². The van der Waals surface area contributed by atoms with Gasteiger partial charge in [-0.15, -0.1) is 0 Å². The van der Waals surface area contributed by atoms with Gasteiger partial charge in [-0.25, -0.2) is 22.0 Å². The number of hydrogen-bond donors (Lipinski definition) is 2. The van der Waals surface area contributed by atoms with Crippen molar-refractivity contribution >= 4 is 11.6 Å². The topological polar surface area (TPSA) is 50.4 Å². The summed E-state index contributed by atoms with van der Waals surface area (Å²) < 4.78 is 70.6. The third kappa shape index (κ3) is 3.17. The first-order chi connectivity index (χ1) is 10.9. The van der Waals surface area contributed by atoms with Gasteiger partial charge in [0.2, 0.25) is 5.82 Å². The van der Waals surface area contributed by atoms with Gasteiger partial charge in [0, 0.05) is 5.56 Å². The van der Waals surface area contributed by atoms with Crippen LogP contribution in [0, 0.1) is 29.1 Å². The first-order valence-corrected chi connectivity index (χ1v) is 6.08. The lowest BCUT2D eigenvalue weighted by Gasteiger charge is -2.12. The van der Waals surface area contributed by atoms with Crippen molar-refractivity contribution in [3.8, 4) is 5.75 Å². The molecule has 2 N–H and O–H groups in total. The second kappa shape index (κ2) is 6.51. The molecule has 2 rings (SSSR count). The smallest absolute Gasteiger partial charge is 0.269 e. The fourth-order valence-electron chi connectivity index (χ4n) is 1.65. The summed E-state index contributed by atoms with van der Waals surface area (Å²) >= 11 is 0. The van der Waals surface area contributed by atoms with Gasteiger partial charge in [-0.2, -0.15) is 0 Å². The molecular formula is C14H9F5N2O2. The Hall–Kier alpha value is -2.84. The zero-order valence-corrected chi connectivity index (χ0v) is 11.5. The van der Waals surface area contributed by atoms with Crippen molar-refractivity contribution in [2.75, 3.05) is 12.5 Å². The minimum absolute atomic E-state index is 0.0715. The van der Waals surface area contributed by atoms with Gasteiger partial charge in [-0.05, 0) is 24.3 Å². The Morgan fingerprint density at radius 3 is 1.83 bits per heavy atom. The number of rotatable bonds is 4. The number of halogens is 5. The zero-order chi connectivity index (χ0) is 17.1. The van der Waals surface area contributed by atoms with Crippen LogP contribution in [0.4, 0.5) is 27.6 Å². The van der Waals surface area contributed by atoms with Crippen molar-refractivity contribution in [1.82, 2.24) is 5.43 Å². The van der Waals surface area contributed by atoms with Gasteiger partial charge in [0.1, 0.15) is 11.4 Å². The van der Waals surface area contributed by atoms with Crippen LogP contribution < -0.4 is 15.6 Å². The third-order valence-corrected chi connectivity index (χ3v) is 2.86. The summed E-state index contributed by atoms with van der Waals surface area (Å²) in [6, 6.07) is 5.59. The number of carbonyl (C=O) groups excluding carboxylic acids is 1. The van der Waals surface area contributed by atoms with Crippen molar-refractivity contribution in [3.05, 3.63) is 58.9 Å². The van der Waals surface area contributed by atoms with Gasteiger partial charge in [0.15, 0.2) is 23.3 Å². The molecule has 0 aliphatic heterocycles. The molecule has 9 heteroatoms. The maximum absolute atomic E-state index is 13.4. The van der Waals surface area contributed by atoms with Crippen LogP contribution in [0.5, 0.6) is 5.75 Å². The maximum atomic E-state index is 13.4. The van der Waals surface area contributed by atoms with E-state index in [4.69, 9.17) is 4.74 Å². The molecule has 0 saturated carbocycles. The van der Waals surface area contributed by atoms with Crippen LogP contribution in [0.25, 0.3) is 0 Å². The van der Waals surface area contributed by atoms with Crippen molar-refractivity contribution in [2.24, 2.45) is 0 Å². The molecule has 0 saturated heterocycles. The summed E-state index contributed by atoms with van der Waals surface area (Å²) in [5.41, 5.74) is 2.25. The molecule has 2 aromatic rings. The molecular weight excluding hydrogens is 323 g/mol. The van der Waals surface area contributed by atoms with E-state index in [-0.39, 0.29) is 5.56 Å². The van der Waals surface area contributed by atoms with E-state index in [0.717, 1.165) is 0 Å². The van der Waals surface area contributed by atoms with Crippen molar-refractivity contribution < 1.29 is 31.5 Å². The predicted octanol–water partition coefficient (Wildman–Crippen LogP) is 3.15. The van der Waals surface area contributed by atoms with E-state index in [1.807, 2.05) is 5.43 Å². The average molecular weight is 332 g/mol. The van der Waals surface area contributed by atoms with Crippen molar-refractivity contribution in [3.63, 3.8) is 0 Å². The molecule has 0 radical (unpaired) electrons. The lowest BCUT2D eigenvalue weighted by atomic mass is 10.2. The number of nitrogens with one attached hydrogen (secondary N) is 2. The standard InChI is InChI=1S/C14H9F5N2O2/c1-23-7-4-2-6(3-5-7)14(22)21-20-13-11(18)9(16)8(15)10(17)12(13)19/h2-5,20H,1H3,(H,21,22). The number of methoxy groups -OCH3 is 1. The number of hydrazine groups is 1. The van der Waals surface area contributed by atoms with Crippen LogP contribution >= 0.6 is 0 Å². The highest BCUT2D eigenvalue weighted by molar-refractivity contribution is 5.95. The van der Waals surface area contributed by atoms with E-state index >= 15 is 0 Å². The highest BCUT2D eigenvalue weighted by atomic mass is 19.2. The molecule has 1 amide bonds. The molecule has 0 aliphatic carbocycles. The van der Waals surface area contributed by atoms with Crippen molar-refractivity contribution in [1.29, 1.82) is 0 Å². The van der Waals surface area contributed by atoms with Gasteiger partial charge in [-0.1, -0.05) is 0 Å². The number of anilines is 1. The summed E-state index contributed by atoms with van der Waals surface area (Å²) in [4.78, 5) is 11.8. The number of hydrogen-bond acceptors (Lipinski definition) is 3. The second-order valence-corrected chi connectivity index (χ2v) is 4.25. The number of benzene rings is 2. The first kappa shape index (κ1) is 16.5. The Morgan fingerprint density at radius 2 is 1.35 bits per heavy atom. The highest BCUT2D eigenvalue weighted by Gasteiger charge is 2.26. The summed E-state index contributed by atoms with van der Waals surface area (Å²) in [6.07, 6.45) is 0. The molecule has 0 aromatic heterocycles. The van der Waals surface area contributed by atoms with Crippen LogP contribution in [-0.4, -0.2) is 13.0 Å². The summed E-state index contributed by atoms with van der Waals surface area (Å²) in [5, 5.41) is 0. The number of carbonyl (C=O) groups is 1. The highest BCUT2D eigenvalue weighted by Crippen LogP contribution is 2.26. The van der Waals surface area contributed by atoms with Crippen molar-refractivity contribution in [2.45, 2.75) is 0 Å². The van der Waals surface area contributed by atoms with E-state index < -0.39 is 40.7 Å². The van der Waals surface area contributed by atoms with Gasteiger partial charge < -0.3 is 4.74 Å². The minimum Gasteiger partial charge on any atom is -0.497 e. The maximum Gasteiger partial charge on any atom is 0.269 e. The van der Waals surface area contributed by atoms with Crippen LogP contribution in [0.3, 0.4) is 0 Å². The van der Waals surface area contributed by atoms with E-state index in [2.05, 4.69) is 0 Å². The Bertz CT molecular complexity index is 721. The average Bonchev–Trinajstić information content (AvgIpc) is 2.58. The second-order valence-electron chi connectivity index (χ2n) is 4.25. The molecule has 0 fully saturated rings. The molecule has 0 atom stereocenters. The Balaban J connectivity index is 2.19. The predicted molar refractivity (Wildman–Crippen MR) is 70.3 cm³/mol. The van der Waals surface area contributed by atoms with Crippen LogP contribution in [0.2, 0.25) is 0 Å². The Kier molecular flexibility index (Phi) is 4.68. The molecule has 0 aliphatic rings. The van der Waals surface area contributed by atoms with E-state index in [0.29, 0.717) is 5.75 Å². The van der Waals surface area contributed by atoms with Gasteiger partial charge in [0.25, 0.3) is 5.91 Å². The summed E-state index contributed by atoms with van der Waals surface area (Å²) in [6.45, 7) is 0. The summed E-state index contributed by atoms with van der Waals surface area (Å²) in [7, 11) is 1.42. The van der Waals surface area contributed by atoms with Gasteiger partial charge in [0.05, 0.1) is 7.11 Å². The van der Waals surface area contributed by atoms with E-state index in [1.54, 1.807) is 5.43 Å². The lowest BCUT2D eigenvalue weighted by molar-refractivity contribution is 0.0962. The monoisotopic (exact) mass is 332 g/mol. The Labute approximate surface area is 126 Å². The Morgan fingerprint density at radius 1 is 0.870 bits per heavy atom. The first-order valence-electron chi connectivity index (χ1n) is 6.08. The fourth-order valence-corrected chi connectivity index (χ4v) is 1.65. The molecule has 0 spiro atoms. The molecule has 23 heavy (non-hydrogen) atoms. The zero-order valence-electron chi connectivity index (χ0n) is 11.5. The van der Waals surface area contributed by atoms with E-state index in [1.165, 1.54) is 31.4 Å². The molecule has 0 unspecified atom stereocenters. The molecule has 4 nitrogen and oxygen atoms in total. The normalized spacial score (nSPS) is 10.3. The van der Waals surface area contributed by atoms with Crippen LogP contribution in [0.1, 0.15) is 10.4 Å². The molecule has 0 heterocycles. The van der Waals surface area contributed by atoms with E-state index in [9.17, 15) is 26.7 Å². The molecule has 122 valence electrons. The lowest BCUT2D eigenvalue weighted by Crippen LogP contribution is -2.31. The third-order valence-electron chi connectivity index (χ3n) is 2.86. The van der Waals surface area contributed by atoms with Gasteiger partial charge >= 0.3 is 0 Å².